The summed E-state index contributed by atoms with van der Waals surface area (Å²) in [4.78, 5) is 10.7. The summed E-state index contributed by atoms with van der Waals surface area (Å²) in [5.41, 5.74) is 1.46. The van der Waals surface area contributed by atoms with Gasteiger partial charge in [-0.05, 0) is 56.3 Å². The van der Waals surface area contributed by atoms with Crippen LogP contribution in [0.1, 0.15) is 24.2 Å². The van der Waals surface area contributed by atoms with E-state index in [0.29, 0.717) is 30.9 Å². The zero-order valence-corrected chi connectivity index (χ0v) is 20.4. The molecule has 2 aliphatic rings. The summed E-state index contributed by atoms with van der Waals surface area (Å²) in [6, 6.07) is 9.08. The summed E-state index contributed by atoms with van der Waals surface area (Å²) in [7, 11) is -3.32. The van der Waals surface area contributed by atoms with Gasteiger partial charge in [-0.1, -0.05) is 0 Å². The van der Waals surface area contributed by atoms with E-state index in [1.807, 2.05) is 24.3 Å². The van der Waals surface area contributed by atoms with Crippen molar-refractivity contribution in [2.45, 2.75) is 25.8 Å². The fourth-order valence-electron chi connectivity index (χ4n) is 4.37. The van der Waals surface area contributed by atoms with Gasteiger partial charge in [-0.2, -0.15) is 4.31 Å². The second kappa shape index (κ2) is 9.92. The Balaban J connectivity index is 1.25. The van der Waals surface area contributed by atoms with Crippen LogP contribution in [0.25, 0.3) is 11.5 Å². The Morgan fingerprint density at radius 3 is 2.69 bits per heavy atom. The number of benzene rings is 1. The van der Waals surface area contributed by atoms with Gasteiger partial charge in [0.25, 0.3) is 0 Å². The Bertz CT molecular complexity index is 1290. The highest BCUT2D eigenvalue weighted by Gasteiger charge is 2.27. The lowest BCUT2D eigenvalue weighted by Crippen LogP contribution is -2.34. The number of likely N-dealkylation sites (tertiary alicyclic amines) is 1. The van der Waals surface area contributed by atoms with Gasteiger partial charge in [-0.25, -0.2) is 22.8 Å². The molecule has 1 aromatic carbocycles. The van der Waals surface area contributed by atoms with Gasteiger partial charge in [-0.3, -0.25) is 4.90 Å². The van der Waals surface area contributed by atoms with Gasteiger partial charge < -0.3 is 14.5 Å². The zero-order chi connectivity index (χ0) is 24.4. The molecule has 5 rings (SSSR count). The van der Waals surface area contributed by atoms with Crippen molar-refractivity contribution in [3.05, 3.63) is 53.7 Å². The molecular formula is C24H28FN5O4S. The molecule has 186 valence electrons. The smallest absolute Gasteiger partial charge is 0.228 e. The van der Waals surface area contributed by atoms with Crippen molar-refractivity contribution in [3.63, 3.8) is 0 Å². The molecule has 2 aliphatic heterocycles. The molecule has 0 radical (unpaired) electrons. The standard InChI is InChI=1S/C24H28FN5O4S/c1-35(31,32)30-11-8-21-17(16-30)14-22(34-21)23-20(25)15-26-24(28-23)27-18-4-6-19(7-5-18)33-13-12-29-9-2-3-10-29/h4-7,14-15H,2-3,8-13,16H2,1H3,(H,26,27,28). The van der Waals surface area contributed by atoms with Gasteiger partial charge >= 0.3 is 0 Å². The first-order valence-corrected chi connectivity index (χ1v) is 13.5. The molecule has 0 spiro atoms. The number of anilines is 2. The second-order valence-corrected chi connectivity index (χ2v) is 10.8. The van der Waals surface area contributed by atoms with Crippen molar-refractivity contribution in [2.24, 2.45) is 0 Å². The van der Waals surface area contributed by atoms with Gasteiger partial charge in [0.1, 0.15) is 23.8 Å². The number of nitrogens with zero attached hydrogens (tertiary/aromatic N) is 4. The Kier molecular flexibility index (Phi) is 6.72. The summed E-state index contributed by atoms with van der Waals surface area (Å²) < 4.78 is 51.3. The first-order valence-electron chi connectivity index (χ1n) is 11.7. The molecule has 1 N–H and O–H groups in total. The van der Waals surface area contributed by atoms with Crippen LogP contribution in [0.5, 0.6) is 5.75 Å². The Hall–Kier alpha value is -3.02. The first-order chi connectivity index (χ1) is 16.8. The number of hydrogen-bond acceptors (Lipinski definition) is 8. The van der Waals surface area contributed by atoms with Gasteiger partial charge in [0.05, 0.1) is 12.5 Å². The van der Waals surface area contributed by atoms with Crippen LogP contribution in [0.4, 0.5) is 16.0 Å². The fourth-order valence-corrected chi connectivity index (χ4v) is 5.17. The average Bonchev–Trinajstić information content (AvgIpc) is 3.50. The number of rotatable bonds is 8. The minimum Gasteiger partial charge on any atom is -0.492 e. The number of furan rings is 1. The molecule has 0 atom stereocenters. The van der Waals surface area contributed by atoms with Crippen molar-refractivity contribution in [1.29, 1.82) is 0 Å². The zero-order valence-electron chi connectivity index (χ0n) is 19.5. The Morgan fingerprint density at radius 1 is 1.17 bits per heavy atom. The molecule has 0 bridgehead atoms. The fraction of sp³-hybridized carbons (Fsp3) is 0.417. The number of ether oxygens (including phenoxy) is 1. The SMILES string of the molecule is CS(=O)(=O)N1CCc2oc(-c3nc(Nc4ccc(OCCN5CCCC5)cc4)ncc3F)cc2C1. The van der Waals surface area contributed by atoms with E-state index in [1.165, 1.54) is 23.4 Å². The number of sulfonamides is 1. The lowest BCUT2D eigenvalue weighted by atomic mass is 10.1. The van der Waals surface area contributed by atoms with Gasteiger partial charge in [-0.15, -0.1) is 0 Å². The number of hydrogen-bond donors (Lipinski definition) is 1. The minimum absolute atomic E-state index is 0.0182. The van der Waals surface area contributed by atoms with E-state index < -0.39 is 15.8 Å². The van der Waals surface area contributed by atoms with E-state index in [-0.39, 0.29) is 23.9 Å². The monoisotopic (exact) mass is 501 g/mol. The maximum absolute atomic E-state index is 14.6. The molecule has 1 fully saturated rings. The molecule has 11 heteroatoms. The molecule has 4 heterocycles. The van der Waals surface area contributed by atoms with Crippen LogP contribution >= 0.6 is 0 Å². The summed E-state index contributed by atoms with van der Waals surface area (Å²) >= 11 is 0. The van der Waals surface area contributed by atoms with E-state index in [0.717, 1.165) is 37.3 Å². The lowest BCUT2D eigenvalue weighted by molar-refractivity contribution is 0.238. The van der Waals surface area contributed by atoms with E-state index in [4.69, 9.17) is 9.15 Å². The molecule has 1 saturated heterocycles. The lowest BCUT2D eigenvalue weighted by Gasteiger charge is -2.23. The van der Waals surface area contributed by atoms with Crippen LogP contribution in [0.15, 0.2) is 40.9 Å². The molecular weight excluding hydrogens is 473 g/mol. The third kappa shape index (κ3) is 5.63. The highest BCUT2D eigenvalue weighted by atomic mass is 32.2. The molecule has 9 nitrogen and oxygen atoms in total. The normalized spacial score (nSPS) is 16.9. The van der Waals surface area contributed by atoms with Crippen molar-refractivity contribution in [1.82, 2.24) is 19.2 Å². The summed E-state index contributed by atoms with van der Waals surface area (Å²) in [5.74, 6) is 1.27. The van der Waals surface area contributed by atoms with Crippen molar-refractivity contribution in [2.75, 3.05) is 44.4 Å². The predicted octanol–water partition coefficient (Wildman–Crippen LogP) is 3.41. The van der Waals surface area contributed by atoms with E-state index in [1.54, 1.807) is 6.07 Å². The molecule has 3 aromatic rings. The van der Waals surface area contributed by atoms with Gasteiger partial charge in [0.2, 0.25) is 16.0 Å². The van der Waals surface area contributed by atoms with E-state index in [2.05, 4.69) is 20.2 Å². The molecule has 2 aromatic heterocycles. The molecule has 0 aliphatic carbocycles. The Morgan fingerprint density at radius 2 is 1.94 bits per heavy atom. The van der Waals surface area contributed by atoms with Crippen LogP contribution in [0, 0.1) is 5.82 Å². The van der Waals surface area contributed by atoms with E-state index >= 15 is 0 Å². The van der Waals surface area contributed by atoms with Crippen LogP contribution in [-0.2, 0) is 23.0 Å². The van der Waals surface area contributed by atoms with Crippen molar-refractivity contribution in [3.8, 4) is 17.2 Å². The van der Waals surface area contributed by atoms with Crippen LogP contribution in [0.2, 0.25) is 0 Å². The summed E-state index contributed by atoms with van der Waals surface area (Å²) in [5, 5.41) is 3.08. The maximum atomic E-state index is 14.6. The topological polar surface area (TPSA) is 101 Å². The predicted molar refractivity (Wildman–Crippen MR) is 130 cm³/mol. The average molecular weight is 502 g/mol. The number of fused-ring (bicyclic) bond motifs is 1. The van der Waals surface area contributed by atoms with Crippen LogP contribution < -0.4 is 10.1 Å². The summed E-state index contributed by atoms with van der Waals surface area (Å²) in [6.45, 7) is 4.38. The third-order valence-electron chi connectivity index (χ3n) is 6.26. The molecule has 0 saturated carbocycles. The summed E-state index contributed by atoms with van der Waals surface area (Å²) in [6.07, 6.45) is 5.21. The number of halogens is 1. The van der Waals surface area contributed by atoms with Gasteiger partial charge in [0.15, 0.2) is 11.6 Å². The molecule has 35 heavy (non-hydrogen) atoms. The highest BCUT2D eigenvalue weighted by Crippen LogP contribution is 2.31. The first kappa shape index (κ1) is 23.7. The van der Waals surface area contributed by atoms with Crippen molar-refractivity contribution >= 4 is 21.7 Å². The highest BCUT2D eigenvalue weighted by molar-refractivity contribution is 7.88. The largest absolute Gasteiger partial charge is 0.492 e. The molecule has 0 amide bonds. The Labute approximate surface area is 204 Å². The van der Waals surface area contributed by atoms with Crippen LogP contribution in [0.3, 0.4) is 0 Å². The van der Waals surface area contributed by atoms with Gasteiger partial charge in [0, 0.05) is 37.3 Å². The van der Waals surface area contributed by atoms with Crippen LogP contribution in [-0.4, -0.2) is 66.6 Å². The quantitative estimate of drug-likeness (QED) is 0.501. The third-order valence-corrected chi connectivity index (χ3v) is 7.51. The minimum atomic E-state index is -3.32. The second-order valence-electron chi connectivity index (χ2n) is 8.84. The van der Waals surface area contributed by atoms with E-state index in [9.17, 15) is 12.8 Å². The number of nitrogens with one attached hydrogen (secondary N) is 1. The van der Waals surface area contributed by atoms with Crippen molar-refractivity contribution < 1.29 is 22.0 Å². The number of aromatic nitrogens is 2. The molecule has 0 unspecified atom stereocenters. The maximum Gasteiger partial charge on any atom is 0.228 e.